The highest BCUT2D eigenvalue weighted by Gasteiger charge is 2.16. The fourth-order valence-corrected chi connectivity index (χ4v) is 2.18. The zero-order chi connectivity index (χ0) is 13.3. The van der Waals surface area contributed by atoms with Crippen LogP contribution in [0.1, 0.15) is 11.3 Å². The molecule has 5 heteroatoms. The summed E-state index contributed by atoms with van der Waals surface area (Å²) in [7, 11) is 3.19. The summed E-state index contributed by atoms with van der Waals surface area (Å²) < 4.78 is 10.7. The van der Waals surface area contributed by atoms with Gasteiger partial charge in [-0.3, -0.25) is 4.98 Å². The topological polar surface area (TPSA) is 57.4 Å². The predicted molar refractivity (Wildman–Crippen MR) is 75.5 cm³/mol. The molecular weight excluding hydrogens is 248 g/mol. The van der Waals surface area contributed by atoms with E-state index in [4.69, 9.17) is 27.4 Å². The quantitative estimate of drug-likeness (QED) is 0.859. The third kappa shape index (κ3) is 1.97. The fraction of sp³-hybridized carbons (Fsp3) is 0.231. The van der Waals surface area contributed by atoms with E-state index in [0.717, 1.165) is 16.6 Å². The zero-order valence-electron chi connectivity index (χ0n) is 10.5. The second kappa shape index (κ2) is 4.78. The Morgan fingerprint density at radius 1 is 1.22 bits per heavy atom. The minimum Gasteiger partial charge on any atom is -0.496 e. The van der Waals surface area contributed by atoms with Gasteiger partial charge in [0.2, 0.25) is 0 Å². The van der Waals surface area contributed by atoms with Crippen molar-refractivity contribution < 1.29 is 9.47 Å². The third-order valence-electron chi connectivity index (χ3n) is 2.71. The van der Waals surface area contributed by atoms with E-state index in [0.29, 0.717) is 17.1 Å². The van der Waals surface area contributed by atoms with Crippen molar-refractivity contribution in [3.05, 3.63) is 29.5 Å². The van der Waals surface area contributed by atoms with E-state index in [1.165, 1.54) is 0 Å². The number of aromatic nitrogens is 1. The minimum atomic E-state index is 0.265. The molecule has 0 amide bonds. The van der Waals surface area contributed by atoms with Gasteiger partial charge in [-0.05, 0) is 19.1 Å². The number of hydrogen-bond acceptors (Lipinski definition) is 4. The van der Waals surface area contributed by atoms with Gasteiger partial charge in [0.25, 0.3) is 0 Å². The van der Waals surface area contributed by atoms with Gasteiger partial charge in [0.05, 0.1) is 30.7 Å². The molecule has 1 aromatic heterocycles. The second-order valence-electron chi connectivity index (χ2n) is 3.87. The van der Waals surface area contributed by atoms with Crippen LogP contribution in [0.15, 0.2) is 18.2 Å². The fourth-order valence-electron chi connectivity index (χ4n) is 1.98. The van der Waals surface area contributed by atoms with Crippen molar-refractivity contribution in [2.75, 3.05) is 14.2 Å². The molecule has 2 aromatic rings. The predicted octanol–water partition coefficient (Wildman–Crippen LogP) is 2.19. The SMILES string of the molecule is COc1ccc2nc(C)cc(OC)c2c1C(N)=S. The molecule has 0 bridgehead atoms. The van der Waals surface area contributed by atoms with Gasteiger partial charge in [-0.2, -0.15) is 0 Å². The first-order valence-electron chi connectivity index (χ1n) is 5.40. The Morgan fingerprint density at radius 2 is 1.89 bits per heavy atom. The number of fused-ring (bicyclic) bond motifs is 1. The Hall–Kier alpha value is -1.88. The lowest BCUT2D eigenvalue weighted by Crippen LogP contribution is -2.12. The number of methoxy groups -OCH3 is 2. The summed E-state index contributed by atoms with van der Waals surface area (Å²) in [5.41, 5.74) is 8.11. The number of pyridine rings is 1. The molecule has 1 aromatic carbocycles. The summed E-state index contributed by atoms with van der Waals surface area (Å²) in [5.74, 6) is 1.32. The van der Waals surface area contributed by atoms with Crippen molar-refractivity contribution in [2.45, 2.75) is 6.92 Å². The summed E-state index contributed by atoms with van der Waals surface area (Å²) in [4.78, 5) is 4.72. The molecule has 0 spiro atoms. The van der Waals surface area contributed by atoms with Crippen LogP contribution in [0.5, 0.6) is 11.5 Å². The van der Waals surface area contributed by atoms with Crippen LogP contribution >= 0.6 is 12.2 Å². The molecule has 1 heterocycles. The molecule has 0 aliphatic carbocycles. The first kappa shape index (κ1) is 12.6. The standard InChI is InChI=1S/C13H14N2O2S/c1-7-6-10(17-3)11-8(15-7)4-5-9(16-2)12(11)13(14)18/h4-6H,1-3H3,(H2,14,18). The normalized spacial score (nSPS) is 10.4. The summed E-state index contributed by atoms with van der Waals surface area (Å²) in [6.45, 7) is 1.91. The molecule has 18 heavy (non-hydrogen) atoms. The molecule has 0 aliphatic rings. The number of hydrogen-bond donors (Lipinski definition) is 1. The van der Waals surface area contributed by atoms with Gasteiger partial charge in [-0.25, -0.2) is 0 Å². The van der Waals surface area contributed by atoms with E-state index in [2.05, 4.69) is 4.98 Å². The van der Waals surface area contributed by atoms with Crippen LogP contribution in [0.4, 0.5) is 0 Å². The molecule has 0 aliphatic heterocycles. The lowest BCUT2D eigenvalue weighted by atomic mass is 10.1. The van der Waals surface area contributed by atoms with Crippen molar-refractivity contribution >= 4 is 28.1 Å². The van der Waals surface area contributed by atoms with Crippen LogP contribution < -0.4 is 15.2 Å². The monoisotopic (exact) mass is 262 g/mol. The van der Waals surface area contributed by atoms with Crippen LogP contribution in [0.2, 0.25) is 0 Å². The summed E-state index contributed by atoms with van der Waals surface area (Å²) in [6.07, 6.45) is 0. The molecule has 2 N–H and O–H groups in total. The molecule has 0 fully saturated rings. The van der Waals surface area contributed by atoms with Crippen LogP contribution in [-0.2, 0) is 0 Å². The maximum absolute atomic E-state index is 5.79. The van der Waals surface area contributed by atoms with E-state index in [-0.39, 0.29) is 4.99 Å². The number of ether oxygens (including phenoxy) is 2. The zero-order valence-corrected chi connectivity index (χ0v) is 11.3. The molecule has 4 nitrogen and oxygen atoms in total. The van der Waals surface area contributed by atoms with E-state index < -0.39 is 0 Å². The number of benzene rings is 1. The Morgan fingerprint density at radius 3 is 2.44 bits per heavy atom. The highest BCUT2D eigenvalue weighted by molar-refractivity contribution is 7.80. The van der Waals surface area contributed by atoms with Gasteiger partial charge in [-0.15, -0.1) is 0 Å². The van der Waals surface area contributed by atoms with Gasteiger partial charge in [0, 0.05) is 11.8 Å². The lowest BCUT2D eigenvalue weighted by molar-refractivity contribution is 0.411. The van der Waals surface area contributed by atoms with Gasteiger partial charge in [-0.1, -0.05) is 12.2 Å². The molecule has 0 unspecified atom stereocenters. The molecule has 94 valence electrons. The smallest absolute Gasteiger partial charge is 0.130 e. The largest absolute Gasteiger partial charge is 0.496 e. The molecule has 0 saturated heterocycles. The number of nitrogens with two attached hydrogens (primary N) is 1. The average molecular weight is 262 g/mol. The van der Waals surface area contributed by atoms with E-state index in [1.54, 1.807) is 14.2 Å². The van der Waals surface area contributed by atoms with E-state index in [1.807, 2.05) is 25.1 Å². The van der Waals surface area contributed by atoms with Crippen LogP contribution in [-0.4, -0.2) is 24.2 Å². The van der Waals surface area contributed by atoms with Gasteiger partial charge in [0.1, 0.15) is 16.5 Å². The second-order valence-corrected chi connectivity index (χ2v) is 4.31. The third-order valence-corrected chi connectivity index (χ3v) is 2.92. The number of nitrogens with zero attached hydrogens (tertiary/aromatic N) is 1. The molecule has 2 rings (SSSR count). The van der Waals surface area contributed by atoms with Crippen molar-refractivity contribution in [1.82, 2.24) is 4.98 Å². The highest BCUT2D eigenvalue weighted by atomic mass is 32.1. The first-order valence-corrected chi connectivity index (χ1v) is 5.81. The number of rotatable bonds is 3. The van der Waals surface area contributed by atoms with Crippen molar-refractivity contribution in [3.8, 4) is 11.5 Å². The van der Waals surface area contributed by atoms with E-state index >= 15 is 0 Å². The first-order chi connectivity index (χ1) is 8.58. The van der Waals surface area contributed by atoms with Crippen LogP contribution in [0, 0.1) is 6.92 Å². The summed E-state index contributed by atoms with van der Waals surface area (Å²) >= 11 is 5.10. The van der Waals surface area contributed by atoms with Crippen LogP contribution in [0.25, 0.3) is 10.9 Å². The van der Waals surface area contributed by atoms with Gasteiger partial charge >= 0.3 is 0 Å². The highest BCUT2D eigenvalue weighted by Crippen LogP contribution is 2.34. The molecule has 0 atom stereocenters. The van der Waals surface area contributed by atoms with Crippen molar-refractivity contribution in [3.63, 3.8) is 0 Å². The Balaban J connectivity index is 2.94. The number of aryl methyl sites for hydroxylation is 1. The maximum Gasteiger partial charge on any atom is 0.130 e. The molecule has 0 saturated carbocycles. The van der Waals surface area contributed by atoms with Crippen molar-refractivity contribution in [2.24, 2.45) is 5.73 Å². The van der Waals surface area contributed by atoms with E-state index in [9.17, 15) is 0 Å². The van der Waals surface area contributed by atoms with Gasteiger partial charge < -0.3 is 15.2 Å². The average Bonchev–Trinajstić information content (AvgIpc) is 2.35. The summed E-state index contributed by atoms with van der Waals surface area (Å²) in [5, 5.41) is 0.787. The molecular formula is C13H14N2O2S. The minimum absolute atomic E-state index is 0.265. The van der Waals surface area contributed by atoms with Gasteiger partial charge in [0.15, 0.2) is 0 Å². The van der Waals surface area contributed by atoms with Crippen LogP contribution in [0.3, 0.4) is 0 Å². The summed E-state index contributed by atoms with van der Waals surface area (Å²) in [6, 6.07) is 5.53. The van der Waals surface area contributed by atoms with Crippen molar-refractivity contribution in [1.29, 1.82) is 0 Å². The molecule has 0 radical (unpaired) electrons. The lowest BCUT2D eigenvalue weighted by Gasteiger charge is -2.13. The number of thiocarbonyl (C=S) groups is 1. The Labute approximate surface area is 111 Å². The Kier molecular flexibility index (Phi) is 3.34. The maximum atomic E-state index is 5.79. The Bertz CT molecular complexity index is 626.